The number of nitrogens with one attached hydrogen (secondary N) is 1. The summed E-state index contributed by atoms with van der Waals surface area (Å²) in [6.45, 7) is 2.33. The van der Waals surface area contributed by atoms with Crippen molar-refractivity contribution in [1.82, 2.24) is 9.55 Å². The van der Waals surface area contributed by atoms with E-state index in [2.05, 4.69) is 10.3 Å². The Hall–Kier alpha value is -2.65. The molecule has 6 heteroatoms. The Kier molecular flexibility index (Phi) is 5.28. The second-order valence-electron chi connectivity index (χ2n) is 4.89. The number of aromatic nitrogens is 2. The van der Waals surface area contributed by atoms with Gasteiger partial charge in [-0.1, -0.05) is 37.3 Å². The Morgan fingerprint density at radius 1 is 1.41 bits per heavy atom. The van der Waals surface area contributed by atoms with Gasteiger partial charge in [-0.25, -0.2) is 0 Å². The van der Waals surface area contributed by atoms with E-state index in [1.165, 1.54) is 6.20 Å². The van der Waals surface area contributed by atoms with E-state index in [9.17, 15) is 9.90 Å². The molecule has 1 aromatic carbocycles. The van der Waals surface area contributed by atoms with Gasteiger partial charge in [0.25, 0.3) is 5.56 Å². The highest BCUT2D eigenvalue weighted by molar-refractivity contribution is 5.34. The SMILES string of the molecule is CCC(CO)n1cc(C#N)c(=O)nc1NCc1ccccc1. The van der Waals surface area contributed by atoms with Crippen LogP contribution in [0.4, 0.5) is 5.95 Å². The van der Waals surface area contributed by atoms with Gasteiger partial charge in [0, 0.05) is 12.7 Å². The molecule has 0 saturated carbocycles. The van der Waals surface area contributed by atoms with E-state index in [0.717, 1.165) is 5.56 Å². The zero-order valence-corrected chi connectivity index (χ0v) is 12.4. The highest BCUT2D eigenvalue weighted by Crippen LogP contribution is 2.16. The number of anilines is 1. The first-order chi connectivity index (χ1) is 10.7. The Morgan fingerprint density at radius 3 is 2.73 bits per heavy atom. The molecule has 1 heterocycles. The molecule has 0 aliphatic heterocycles. The lowest BCUT2D eigenvalue weighted by atomic mass is 10.2. The van der Waals surface area contributed by atoms with Crippen LogP contribution in [0, 0.1) is 11.3 Å². The maximum atomic E-state index is 11.8. The molecular formula is C16H18N4O2. The van der Waals surface area contributed by atoms with Crippen LogP contribution in [0.1, 0.15) is 30.5 Å². The molecule has 22 heavy (non-hydrogen) atoms. The predicted molar refractivity (Wildman–Crippen MR) is 83.4 cm³/mol. The monoisotopic (exact) mass is 298 g/mol. The lowest BCUT2D eigenvalue weighted by molar-refractivity contribution is 0.224. The van der Waals surface area contributed by atoms with Crippen LogP contribution in [-0.2, 0) is 6.54 Å². The molecule has 114 valence electrons. The smallest absolute Gasteiger partial charge is 0.292 e. The quantitative estimate of drug-likeness (QED) is 0.846. The highest BCUT2D eigenvalue weighted by Gasteiger charge is 2.14. The lowest BCUT2D eigenvalue weighted by Gasteiger charge is -2.20. The van der Waals surface area contributed by atoms with Crippen LogP contribution in [0.15, 0.2) is 41.3 Å². The molecule has 0 saturated heterocycles. The number of aliphatic hydroxyl groups excluding tert-OH is 1. The van der Waals surface area contributed by atoms with Gasteiger partial charge in [0.05, 0.1) is 12.6 Å². The largest absolute Gasteiger partial charge is 0.394 e. The van der Waals surface area contributed by atoms with Crippen molar-refractivity contribution >= 4 is 5.95 Å². The van der Waals surface area contributed by atoms with Crippen molar-refractivity contribution in [2.75, 3.05) is 11.9 Å². The van der Waals surface area contributed by atoms with Crippen LogP contribution in [0.25, 0.3) is 0 Å². The van der Waals surface area contributed by atoms with Gasteiger partial charge in [-0.2, -0.15) is 10.2 Å². The average molecular weight is 298 g/mol. The molecule has 0 radical (unpaired) electrons. The molecule has 0 fully saturated rings. The summed E-state index contributed by atoms with van der Waals surface area (Å²) in [7, 11) is 0. The molecule has 0 aliphatic rings. The summed E-state index contributed by atoms with van der Waals surface area (Å²) in [5, 5.41) is 21.6. The number of hydrogen-bond donors (Lipinski definition) is 2. The fourth-order valence-electron chi connectivity index (χ4n) is 2.15. The minimum atomic E-state index is -0.567. The summed E-state index contributed by atoms with van der Waals surface area (Å²) in [6.07, 6.45) is 2.11. The van der Waals surface area contributed by atoms with Crippen LogP contribution in [0.2, 0.25) is 0 Å². The lowest BCUT2D eigenvalue weighted by Crippen LogP contribution is -2.24. The summed E-state index contributed by atoms with van der Waals surface area (Å²) in [6, 6.07) is 11.3. The standard InChI is InChI=1S/C16H18N4O2/c1-2-14(11-21)20-10-13(8-17)15(22)19-16(20)18-9-12-6-4-3-5-7-12/h3-7,10,14,21H,2,9,11H2,1H3,(H,18,19,22). The minimum absolute atomic E-state index is 0.0304. The predicted octanol–water partition coefficient (Wildman–Crippen LogP) is 1.67. The first-order valence-corrected chi connectivity index (χ1v) is 7.11. The van der Waals surface area contributed by atoms with Crippen LogP contribution in [0.3, 0.4) is 0 Å². The maximum Gasteiger partial charge on any atom is 0.292 e. The van der Waals surface area contributed by atoms with Crippen molar-refractivity contribution in [1.29, 1.82) is 5.26 Å². The van der Waals surface area contributed by atoms with Crippen molar-refractivity contribution in [2.45, 2.75) is 25.9 Å². The van der Waals surface area contributed by atoms with E-state index in [-0.39, 0.29) is 18.2 Å². The van der Waals surface area contributed by atoms with Gasteiger partial charge in [-0.15, -0.1) is 0 Å². The molecule has 2 N–H and O–H groups in total. The molecule has 0 aliphatic carbocycles. The van der Waals surface area contributed by atoms with Crippen LogP contribution in [0.5, 0.6) is 0 Å². The summed E-state index contributed by atoms with van der Waals surface area (Å²) >= 11 is 0. The molecule has 0 bridgehead atoms. The van der Waals surface area contributed by atoms with Gasteiger partial charge in [-0.3, -0.25) is 4.79 Å². The van der Waals surface area contributed by atoms with Gasteiger partial charge in [0.15, 0.2) is 0 Å². The molecule has 0 amide bonds. The maximum absolute atomic E-state index is 11.8. The van der Waals surface area contributed by atoms with Crippen LogP contribution in [-0.4, -0.2) is 21.3 Å². The number of benzene rings is 1. The van der Waals surface area contributed by atoms with Gasteiger partial charge in [-0.05, 0) is 12.0 Å². The molecule has 6 nitrogen and oxygen atoms in total. The normalized spacial score (nSPS) is 11.7. The fraction of sp³-hybridized carbons (Fsp3) is 0.312. The van der Waals surface area contributed by atoms with E-state index < -0.39 is 5.56 Å². The van der Waals surface area contributed by atoms with Crippen molar-refractivity contribution in [3.63, 3.8) is 0 Å². The van der Waals surface area contributed by atoms with Crippen molar-refractivity contribution in [3.05, 3.63) is 58.0 Å². The molecule has 1 unspecified atom stereocenters. The summed E-state index contributed by atoms with van der Waals surface area (Å²) in [5.74, 6) is 0.355. The van der Waals surface area contributed by atoms with Crippen molar-refractivity contribution in [3.8, 4) is 6.07 Å². The molecule has 1 aromatic heterocycles. The number of rotatable bonds is 6. The summed E-state index contributed by atoms with van der Waals surface area (Å²) in [5.41, 5.74) is 0.448. The molecule has 2 aromatic rings. The molecular weight excluding hydrogens is 280 g/mol. The Morgan fingerprint density at radius 2 is 2.14 bits per heavy atom. The third-order valence-electron chi connectivity index (χ3n) is 3.44. The van der Waals surface area contributed by atoms with E-state index in [1.54, 1.807) is 4.57 Å². The highest BCUT2D eigenvalue weighted by atomic mass is 16.3. The molecule has 0 spiro atoms. The number of nitrogens with zero attached hydrogens (tertiary/aromatic N) is 3. The second kappa shape index (κ2) is 7.38. The number of hydrogen-bond acceptors (Lipinski definition) is 5. The minimum Gasteiger partial charge on any atom is -0.394 e. The Bertz CT molecular complexity index is 715. The van der Waals surface area contributed by atoms with Crippen LogP contribution >= 0.6 is 0 Å². The third kappa shape index (κ3) is 3.51. The Balaban J connectivity index is 2.34. The summed E-state index contributed by atoms with van der Waals surface area (Å²) in [4.78, 5) is 15.7. The van der Waals surface area contributed by atoms with Crippen molar-refractivity contribution in [2.24, 2.45) is 0 Å². The molecule has 2 rings (SSSR count). The number of nitriles is 1. The topological polar surface area (TPSA) is 90.9 Å². The van der Waals surface area contributed by atoms with Crippen LogP contribution < -0.4 is 10.9 Å². The van der Waals surface area contributed by atoms with Gasteiger partial charge in [0.1, 0.15) is 11.6 Å². The van der Waals surface area contributed by atoms with Gasteiger partial charge < -0.3 is 15.0 Å². The first-order valence-electron chi connectivity index (χ1n) is 7.11. The fourth-order valence-corrected chi connectivity index (χ4v) is 2.15. The van der Waals surface area contributed by atoms with E-state index in [1.807, 2.05) is 43.3 Å². The van der Waals surface area contributed by atoms with E-state index >= 15 is 0 Å². The first kappa shape index (κ1) is 15.7. The van der Waals surface area contributed by atoms with E-state index in [0.29, 0.717) is 18.9 Å². The average Bonchev–Trinajstić information content (AvgIpc) is 2.56. The number of aliphatic hydroxyl groups is 1. The summed E-state index contributed by atoms with van der Waals surface area (Å²) < 4.78 is 1.66. The van der Waals surface area contributed by atoms with Gasteiger partial charge in [0.2, 0.25) is 5.95 Å². The third-order valence-corrected chi connectivity index (χ3v) is 3.44. The zero-order chi connectivity index (χ0) is 15.9. The van der Waals surface area contributed by atoms with E-state index in [4.69, 9.17) is 5.26 Å². The zero-order valence-electron chi connectivity index (χ0n) is 12.4. The second-order valence-corrected chi connectivity index (χ2v) is 4.89. The van der Waals surface area contributed by atoms with Crippen molar-refractivity contribution < 1.29 is 5.11 Å². The van der Waals surface area contributed by atoms with Gasteiger partial charge >= 0.3 is 0 Å². The molecule has 1 atom stereocenters. The Labute approximate surface area is 128 Å².